The maximum absolute atomic E-state index is 12.8. The topological polar surface area (TPSA) is 46.1 Å². The molecule has 0 amide bonds. The molecule has 4 nitrogen and oxygen atoms in total. The highest BCUT2D eigenvalue weighted by Crippen LogP contribution is 2.31. The molecular formula is C19H15ClF3N3O. The number of alkyl halides is 3. The number of benzene rings is 2. The van der Waals surface area contributed by atoms with Crippen LogP contribution in [0.15, 0.2) is 42.5 Å². The summed E-state index contributed by atoms with van der Waals surface area (Å²) in [6.45, 7) is 0. The Morgan fingerprint density at radius 2 is 1.81 bits per heavy atom. The number of aromatic nitrogens is 2. The van der Waals surface area contributed by atoms with E-state index in [1.54, 1.807) is 37.2 Å². The average Bonchev–Trinajstić information content (AvgIpc) is 2.61. The van der Waals surface area contributed by atoms with Crippen LogP contribution in [0.3, 0.4) is 0 Å². The fourth-order valence-electron chi connectivity index (χ4n) is 2.76. The third kappa shape index (κ3) is 4.03. The number of halogens is 4. The van der Waals surface area contributed by atoms with Crippen LogP contribution in [0, 0.1) is 0 Å². The van der Waals surface area contributed by atoms with Crippen molar-refractivity contribution in [3.05, 3.63) is 64.3 Å². The first-order valence-electron chi connectivity index (χ1n) is 7.99. The van der Waals surface area contributed by atoms with Crippen molar-refractivity contribution in [1.82, 2.24) is 10.2 Å². The van der Waals surface area contributed by atoms with Crippen LogP contribution >= 0.6 is 11.6 Å². The van der Waals surface area contributed by atoms with Gasteiger partial charge in [-0.3, -0.25) is 4.79 Å². The molecule has 0 aliphatic carbocycles. The summed E-state index contributed by atoms with van der Waals surface area (Å²) < 4.78 is 38.5. The molecule has 3 rings (SSSR count). The quantitative estimate of drug-likeness (QED) is 0.598. The Kier molecular flexibility index (Phi) is 5.06. The third-order valence-electron chi connectivity index (χ3n) is 4.08. The van der Waals surface area contributed by atoms with E-state index in [1.165, 1.54) is 12.1 Å². The van der Waals surface area contributed by atoms with Crippen LogP contribution in [0.25, 0.3) is 10.8 Å². The normalized spacial score (nSPS) is 11.6. The zero-order chi connectivity index (χ0) is 19.8. The lowest BCUT2D eigenvalue weighted by atomic mass is 9.99. The van der Waals surface area contributed by atoms with Crippen LogP contribution in [-0.2, 0) is 12.6 Å². The van der Waals surface area contributed by atoms with E-state index in [0.29, 0.717) is 27.7 Å². The van der Waals surface area contributed by atoms with Gasteiger partial charge in [-0.2, -0.15) is 13.2 Å². The van der Waals surface area contributed by atoms with Gasteiger partial charge in [0.2, 0.25) is 0 Å². The molecule has 0 fully saturated rings. The Labute approximate surface area is 158 Å². The second kappa shape index (κ2) is 7.15. The summed E-state index contributed by atoms with van der Waals surface area (Å²) in [5.74, 6) is 0.247. The summed E-state index contributed by atoms with van der Waals surface area (Å²) in [6.07, 6.45) is -4.59. The maximum Gasteiger partial charge on any atom is 0.416 e. The van der Waals surface area contributed by atoms with Gasteiger partial charge in [0.15, 0.2) is 16.8 Å². The molecule has 0 N–H and O–H groups in total. The summed E-state index contributed by atoms with van der Waals surface area (Å²) in [5.41, 5.74) is -0.107. The van der Waals surface area contributed by atoms with Crippen LogP contribution < -0.4 is 4.90 Å². The molecule has 0 aliphatic heterocycles. The highest BCUT2D eigenvalue weighted by atomic mass is 35.5. The first-order chi connectivity index (χ1) is 12.7. The van der Waals surface area contributed by atoms with E-state index >= 15 is 0 Å². The second-order valence-corrected chi connectivity index (χ2v) is 6.63. The Bertz CT molecular complexity index is 1020. The fourth-order valence-corrected chi connectivity index (χ4v) is 2.96. The zero-order valence-corrected chi connectivity index (χ0v) is 15.3. The summed E-state index contributed by atoms with van der Waals surface area (Å²) in [5, 5.41) is 9.43. The molecule has 0 aliphatic rings. The number of ketones is 1. The second-order valence-electron chi connectivity index (χ2n) is 6.27. The van der Waals surface area contributed by atoms with Crippen molar-refractivity contribution in [2.45, 2.75) is 12.6 Å². The minimum Gasteiger partial charge on any atom is -0.361 e. The lowest BCUT2D eigenvalue weighted by Gasteiger charge is -2.14. The lowest BCUT2D eigenvalue weighted by molar-refractivity contribution is -0.137. The SMILES string of the molecule is CN(C)c1nnc(Cl)c2ccc(C(=O)Cc3cccc(C(F)(F)F)c3)cc12. The molecule has 0 spiro atoms. The van der Waals surface area contributed by atoms with Gasteiger partial charge in [0.1, 0.15) is 0 Å². The van der Waals surface area contributed by atoms with Crippen LogP contribution in [0.4, 0.5) is 19.0 Å². The van der Waals surface area contributed by atoms with Gasteiger partial charge < -0.3 is 4.90 Å². The molecule has 0 radical (unpaired) electrons. The number of carbonyl (C=O) groups excluding carboxylic acids is 1. The van der Waals surface area contributed by atoms with Gasteiger partial charge in [-0.1, -0.05) is 41.9 Å². The number of rotatable bonds is 4. The van der Waals surface area contributed by atoms with Crippen LogP contribution in [0.1, 0.15) is 21.5 Å². The van der Waals surface area contributed by atoms with Crippen LogP contribution in [0.5, 0.6) is 0 Å². The van der Waals surface area contributed by atoms with Crippen molar-refractivity contribution in [3.8, 4) is 0 Å². The van der Waals surface area contributed by atoms with Gasteiger partial charge in [-0.25, -0.2) is 0 Å². The number of Topliss-reactive ketones (excluding diaryl/α,β-unsaturated/α-hetero) is 1. The number of fused-ring (bicyclic) bond motifs is 1. The number of anilines is 1. The number of carbonyl (C=O) groups is 1. The molecule has 0 bridgehead atoms. The van der Waals surface area contributed by atoms with Crippen LogP contribution in [0.2, 0.25) is 5.15 Å². The van der Waals surface area contributed by atoms with Crippen LogP contribution in [-0.4, -0.2) is 30.1 Å². The Balaban J connectivity index is 1.96. The molecule has 1 aromatic heterocycles. The molecule has 2 aromatic carbocycles. The van der Waals surface area contributed by atoms with Crippen molar-refractivity contribution >= 4 is 34.0 Å². The molecule has 0 atom stereocenters. The van der Waals surface area contributed by atoms with E-state index in [2.05, 4.69) is 10.2 Å². The number of nitrogens with zero attached hydrogens (tertiary/aromatic N) is 3. The molecule has 0 saturated heterocycles. The number of hydrogen-bond acceptors (Lipinski definition) is 4. The molecular weight excluding hydrogens is 379 g/mol. The highest BCUT2D eigenvalue weighted by molar-refractivity contribution is 6.34. The minimum absolute atomic E-state index is 0.140. The molecule has 0 unspecified atom stereocenters. The summed E-state index contributed by atoms with van der Waals surface area (Å²) in [7, 11) is 3.57. The van der Waals surface area contributed by atoms with Gasteiger partial charge in [0, 0.05) is 36.9 Å². The van der Waals surface area contributed by atoms with Gasteiger partial charge in [-0.15, -0.1) is 10.2 Å². The predicted octanol–water partition coefficient (Wildman–Crippen LogP) is 4.79. The highest BCUT2D eigenvalue weighted by Gasteiger charge is 2.30. The van der Waals surface area contributed by atoms with Gasteiger partial charge in [0.05, 0.1) is 5.56 Å². The molecule has 0 saturated carbocycles. The molecule has 8 heteroatoms. The Morgan fingerprint density at radius 3 is 2.48 bits per heavy atom. The van der Waals surface area contributed by atoms with Crippen molar-refractivity contribution in [2.24, 2.45) is 0 Å². The van der Waals surface area contributed by atoms with E-state index < -0.39 is 11.7 Å². The smallest absolute Gasteiger partial charge is 0.361 e. The van der Waals surface area contributed by atoms with Crippen molar-refractivity contribution in [2.75, 3.05) is 19.0 Å². The fraction of sp³-hybridized carbons (Fsp3) is 0.211. The Morgan fingerprint density at radius 1 is 1.07 bits per heavy atom. The number of hydrogen-bond donors (Lipinski definition) is 0. The Hall–Kier alpha value is -2.67. The monoisotopic (exact) mass is 393 g/mol. The molecule has 1 heterocycles. The van der Waals surface area contributed by atoms with Crippen molar-refractivity contribution in [1.29, 1.82) is 0 Å². The van der Waals surface area contributed by atoms with Gasteiger partial charge in [0.25, 0.3) is 0 Å². The van der Waals surface area contributed by atoms with Crippen molar-refractivity contribution in [3.63, 3.8) is 0 Å². The average molecular weight is 394 g/mol. The van der Waals surface area contributed by atoms with E-state index in [4.69, 9.17) is 11.6 Å². The molecule has 140 valence electrons. The van der Waals surface area contributed by atoms with E-state index in [9.17, 15) is 18.0 Å². The summed E-state index contributed by atoms with van der Waals surface area (Å²) >= 11 is 6.07. The minimum atomic E-state index is -4.45. The lowest BCUT2D eigenvalue weighted by Crippen LogP contribution is -2.12. The first kappa shape index (κ1) is 19.1. The van der Waals surface area contributed by atoms with E-state index in [-0.39, 0.29) is 17.4 Å². The summed E-state index contributed by atoms with van der Waals surface area (Å²) in [6, 6.07) is 9.67. The third-order valence-corrected chi connectivity index (χ3v) is 4.36. The maximum atomic E-state index is 12.8. The molecule has 27 heavy (non-hydrogen) atoms. The zero-order valence-electron chi connectivity index (χ0n) is 14.5. The van der Waals surface area contributed by atoms with Crippen molar-refractivity contribution < 1.29 is 18.0 Å². The predicted molar refractivity (Wildman–Crippen MR) is 98.4 cm³/mol. The van der Waals surface area contributed by atoms with E-state index in [0.717, 1.165) is 12.1 Å². The largest absolute Gasteiger partial charge is 0.416 e. The molecule has 3 aromatic rings. The van der Waals surface area contributed by atoms with Gasteiger partial charge >= 0.3 is 6.18 Å². The summed E-state index contributed by atoms with van der Waals surface area (Å²) in [4.78, 5) is 14.4. The standard InChI is InChI=1S/C19H15ClF3N3O/c1-26(2)18-15-10-12(6-7-14(15)17(20)24-25-18)16(27)9-11-4-3-5-13(8-11)19(21,22)23/h3-8,10H,9H2,1-2H3. The first-order valence-corrected chi connectivity index (χ1v) is 8.37. The van der Waals surface area contributed by atoms with Gasteiger partial charge in [-0.05, 0) is 17.7 Å². The van der Waals surface area contributed by atoms with E-state index in [1.807, 2.05) is 0 Å².